The SMILES string of the molecule is Cc1nc2ccc(C(=O)NCc3cc(=O)[nH][nH]3)cc2nc1C. The molecule has 22 heavy (non-hydrogen) atoms. The van der Waals surface area contributed by atoms with E-state index in [1.165, 1.54) is 6.07 Å². The Morgan fingerprint density at radius 1 is 1.09 bits per heavy atom. The van der Waals surface area contributed by atoms with Crippen LogP contribution in [0.3, 0.4) is 0 Å². The summed E-state index contributed by atoms with van der Waals surface area (Å²) in [5, 5.41) is 7.84. The number of amides is 1. The molecule has 0 unspecified atom stereocenters. The van der Waals surface area contributed by atoms with Crippen molar-refractivity contribution in [2.24, 2.45) is 0 Å². The van der Waals surface area contributed by atoms with E-state index in [1.807, 2.05) is 13.8 Å². The summed E-state index contributed by atoms with van der Waals surface area (Å²) in [5.74, 6) is -0.232. The van der Waals surface area contributed by atoms with Crippen LogP contribution >= 0.6 is 0 Å². The lowest BCUT2D eigenvalue weighted by Crippen LogP contribution is -2.23. The number of carbonyl (C=O) groups excluding carboxylic acids is 1. The third-order valence-electron chi connectivity index (χ3n) is 3.43. The van der Waals surface area contributed by atoms with Crippen LogP contribution in [0.2, 0.25) is 0 Å². The maximum atomic E-state index is 12.2. The molecule has 0 saturated carbocycles. The second kappa shape index (κ2) is 5.44. The van der Waals surface area contributed by atoms with Gasteiger partial charge in [-0.25, -0.2) is 9.97 Å². The Morgan fingerprint density at radius 2 is 1.82 bits per heavy atom. The predicted molar refractivity (Wildman–Crippen MR) is 81.6 cm³/mol. The number of carbonyl (C=O) groups is 1. The van der Waals surface area contributed by atoms with E-state index in [-0.39, 0.29) is 18.0 Å². The number of aryl methyl sites for hydroxylation is 2. The molecule has 0 aliphatic carbocycles. The molecule has 7 nitrogen and oxygen atoms in total. The first kappa shape index (κ1) is 14.0. The monoisotopic (exact) mass is 297 g/mol. The van der Waals surface area contributed by atoms with E-state index in [4.69, 9.17) is 0 Å². The number of aromatic nitrogens is 4. The zero-order valence-electron chi connectivity index (χ0n) is 12.2. The van der Waals surface area contributed by atoms with Gasteiger partial charge in [0.15, 0.2) is 0 Å². The highest BCUT2D eigenvalue weighted by Gasteiger charge is 2.09. The molecule has 0 atom stereocenters. The highest BCUT2D eigenvalue weighted by molar-refractivity contribution is 5.97. The van der Waals surface area contributed by atoms with Crippen LogP contribution in [-0.2, 0) is 6.54 Å². The summed E-state index contributed by atoms with van der Waals surface area (Å²) in [6.07, 6.45) is 0. The molecule has 0 radical (unpaired) electrons. The Morgan fingerprint density at radius 3 is 2.50 bits per heavy atom. The maximum Gasteiger partial charge on any atom is 0.264 e. The molecule has 2 aromatic heterocycles. The molecule has 7 heteroatoms. The summed E-state index contributed by atoms with van der Waals surface area (Å²) in [6, 6.07) is 6.60. The fourth-order valence-corrected chi connectivity index (χ4v) is 2.12. The van der Waals surface area contributed by atoms with E-state index in [2.05, 4.69) is 25.5 Å². The average Bonchev–Trinajstić information content (AvgIpc) is 2.91. The lowest BCUT2D eigenvalue weighted by atomic mass is 10.1. The molecule has 2 heterocycles. The molecule has 112 valence electrons. The first-order chi connectivity index (χ1) is 10.5. The minimum atomic E-state index is -0.232. The summed E-state index contributed by atoms with van der Waals surface area (Å²) in [4.78, 5) is 32.0. The van der Waals surface area contributed by atoms with Crippen LogP contribution < -0.4 is 10.9 Å². The molecule has 3 rings (SSSR count). The standard InChI is InChI=1S/C15H15N5O2/c1-8-9(2)18-13-5-10(3-4-12(13)17-8)15(22)16-7-11-6-14(21)20-19-11/h3-6H,7H2,1-2H3,(H,16,22)(H2,19,20,21). The van der Waals surface area contributed by atoms with Crippen LogP contribution in [0.5, 0.6) is 0 Å². The van der Waals surface area contributed by atoms with E-state index in [1.54, 1.807) is 18.2 Å². The van der Waals surface area contributed by atoms with Crippen LogP contribution in [0.25, 0.3) is 11.0 Å². The van der Waals surface area contributed by atoms with Gasteiger partial charge in [0.05, 0.1) is 34.7 Å². The first-order valence-corrected chi connectivity index (χ1v) is 6.83. The number of fused-ring (bicyclic) bond motifs is 1. The Hall–Kier alpha value is -2.96. The predicted octanol–water partition coefficient (Wildman–Crippen LogP) is 1.19. The minimum Gasteiger partial charge on any atom is -0.346 e. The number of rotatable bonds is 3. The van der Waals surface area contributed by atoms with Gasteiger partial charge in [-0.3, -0.25) is 14.7 Å². The van der Waals surface area contributed by atoms with Gasteiger partial charge in [-0.2, -0.15) is 0 Å². The molecule has 1 amide bonds. The largest absolute Gasteiger partial charge is 0.346 e. The van der Waals surface area contributed by atoms with Gasteiger partial charge >= 0.3 is 0 Å². The topological polar surface area (TPSA) is 104 Å². The maximum absolute atomic E-state index is 12.2. The lowest BCUT2D eigenvalue weighted by Gasteiger charge is -2.06. The van der Waals surface area contributed by atoms with Gasteiger partial charge in [0.2, 0.25) is 0 Å². The second-order valence-corrected chi connectivity index (χ2v) is 5.06. The van der Waals surface area contributed by atoms with Crippen molar-refractivity contribution in [2.75, 3.05) is 0 Å². The van der Waals surface area contributed by atoms with E-state index in [0.29, 0.717) is 16.8 Å². The van der Waals surface area contributed by atoms with E-state index in [9.17, 15) is 9.59 Å². The van der Waals surface area contributed by atoms with Crippen molar-refractivity contribution < 1.29 is 4.79 Å². The van der Waals surface area contributed by atoms with Gasteiger partial charge in [-0.05, 0) is 32.0 Å². The van der Waals surface area contributed by atoms with Crippen molar-refractivity contribution in [1.29, 1.82) is 0 Å². The van der Waals surface area contributed by atoms with Crippen molar-refractivity contribution in [1.82, 2.24) is 25.5 Å². The number of benzene rings is 1. The van der Waals surface area contributed by atoms with Gasteiger partial charge in [0, 0.05) is 11.6 Å². The van der Waals surface area contributed by atoms with Gasteiger partial charge in [-0.1, -0.05) is 0 Å². The van der Waals surface area contributed by atoms with Crippen LogP contribution in [-0.4, -0.2) is 26.1 Å². The fraction of sp³-hybridized carbons (Fsp3) is 0.200. The van der Waals surface area contributed by atoms with E-state index < -0.39 is 0 Å². The van der Waals surface area contributed by atoms with Crippen molar-refractivity contribution in [2.45, 2.75) is 20.4 Å². The summed E-state index contributed by atoms with van der Waals surface area (Å²) >= 11 is 0. The third-order valence-corrected chi connectivity index (χ3v) is 3.43. The summed E-state index contributed by atoms with van der Waals surface area (Å²) in [7, 11) is 0. The van der Waals surface area contributed by atoms with Gasteiger partial charge in [-0.15, -0.1) is 0 Å². The van der Waals surface area contributed by atoms with Crippen molar-refractivity contribution in [3.63, 3.8) is 0 Å². The molecule has 1 aromatic carbocycles. The smallest absolute Gasteiger partial charge is 0.264 e. The van der Waals surface area contributed by atoms with Crippen LogP contribution in [0.15, 0.2) is 29.1 Å². The molecule has 0 saturated heterocycles. The van der Waals surface area contributed by atoms with E-state index >= 15 is 0 Å². The molecule has 3 aromatic rings. The zero-order chi connectivity index (χ0) is 15.7. The molecule has 0 bridgehead atoms. The van der Waals surface area contributed by atoms with Gasteiger partial charge in [0.25, 0.3) is 11.5 Å². The third kappa shape index (κ3) is 2.73. The van der Waals surface area contributed by atoms with Crippen LogP contribution in [0, 0.1) is 13.8 Å². The van der Waals surface area contributed by atoms with Crippen LogP contribution in [0.1, 0.15) is 27.4 Å². The minimum absolute atomic E-state index is 0.226. The number of nitrogens with one attached hydrogen (secondary N) is 3. The lowest BCUT2D eigenvalue weighted by molar-refractivity contribution is 0.0950. The number of aromatic amines is 2. The van der Waals surface area contributed by atoms with Crippen molar-refractivity contribution in [3.05, 3.63) is 57.3 Å². The molecule has 0 aliphatic heterocycles. The molecule has 0 spiro atoms. The zero-order valence-corrected chi connectivity index (χ0v) is 12.2. The first-order valence-electron chi connectivity index (χ1n) is 6.83. The average molecular weight is 297 g/mol. The Balaban J connectivity index is 1.81. The normalized spacial score (nSPS) is 10.8. The molecular weight excluding hydrogens is 282 g/mol. The molecular formula is C15H15N5O2. The van der Waals surface area contributed by atoms with E-state index in [0.717, 1.165) is 16.9 Å². The van der Waals surface area contributed by atoms with Crippen molar-refractivity contribution in [3.8, 4) is 0 Å². The highest BCUT2D eigenvalue weighted by atomic mass is 16.1. The Kier molecular flexibility index (Phi) is 3.46. The molecule has 0 aliphatic rings. The fourth-order valence-electron chi connectivity index (χ4n) is 2.12. The highest BCUT2D eigenvalue weighted by Crippen LogP contribution is 2.14. The van der Waals surface area contributed by atoms with Gasteiger partial charge < -0.3 is 10.4 Å². The number of hydrogen-bond donors (Lipinski definition) is 3. The van der Waals surface area contributed by atoms with Gasteiger partial charge in [0.1, 0.15) is 0 Å². The quantitative estimate of drug-likeness (QED) is 0.675. The summed E-state index contributed by atoms with van der Waals surface area (Å²) in [5.41, 5.74) is 4.06. The molecule has 0 fully saturated rings. The Bertz CT molecular complexity index is 910. The Labute approximate surface area is 125 Å². The number of H-pyrrole nitrogens is 2. The number of hydrogen-bond acceptors (Lipinski definition) is 4. The summed E-state index contributed by atoms with van der Waals surface area (Å²) < 4.78 is 0. The van der Waals surface area contributed by atoms with Crippen molar-refractivity contribution >= 4 is 16.9 Å². The second-order valence-electron chi connectivity index (χ2n) is 5.06. The summed E-state index contributed by atoms with van der Waals surface area (Å²) in [6.45, 7) is 4.03. The molecule has 3 N–H and O–H groups in total. The number of nitrogens with zero attached hydrogens (tertiary/aromatic N) is 2. The van der Waals surface area contributed by atoms with Crippen LogP contribution in [0.4, 0.5) is 0 Å².